The SMILES string of the molecule is COCC(Nc1ccc2c(c1)C(=O)NC2=O)C1CC1. The van der Waals surface area contributed by atoms with E-state index in [4.69, 9.17) is 4.74 Å². The van der Waals surface area contributed by atoms with Crippen LogP contribution in [0.4, 0.5) is 5.69 Å². The van der Waals surface area contributed by atoms with Gasteiger partial charge in [0.2, 0.25) is 0 Å². The minimum atomic E-state index is -0.321. The molecule has 0 bridgehead atoms. The summed E-state index contributed by atoms with van der Waals surface area (Å²) in [4.78, 5) is 23.1. The highest BCUT2D eigenvalue weighted by atomic mass is 16.5. The van der Waals surface area contributed by atoms with Crippen molar-refractivity contribution in [3.63, 3.8) is 0 Å². The molecule has 2 N–H and O–H groups in total. The van der Waals surface area contributed by atoms with Gasteiger partial charge in [-0.3, -0.25) is 14.9 Å². The molecule has 1 heterocycles. The summed E-state index contributed by atoms with van der Waals surface area (Å²) in [5.74, 6) is 0.00390. The van der Waals surface area contributed by atoms with E-state index in [0.29, 0.717) is 23.7 Å². The molecular weight excluding hydrogens is 244 g/mol. The zero-order valence-electron chi connectivity index (χ0n) is 10.7. The van der Waals surface area contributed by atoms with E-state index in [1.165, 1.54) is 12.8 Å². The highest BCUT2D eigenvalue weighted by Crippen LogP contribution is 2.34. The first kappa shape index (κ1) is 12.2. The molecule has 1 unspecified atom stereocenters. The lowest BCUT2D eigenvalue weighted by Crippen LogP contribution is -2.27. The molecular formula is C14H16N2O3. The molecule has 1 fully saturated rings. The number of benzene rings is 1. The molecule has 5 heteroatoms. The predicted molar refractivity (Wildman–Crippen MR) is 70.2 cm³/mol. The van der Waals surface area contributed by atoms with E-state index >= 15 is 0 Å². The second-order valence-electron chi connectivity index (χ2n) is 5.09. The van der Waals surface area contributed by atoms with Crippen LogP contribution in [0.15, 0.2) is 18.2 Å². The number of hydrogen-bond acceptors (Lipinski definition) is 4. The Labute approximate surface area is 111 Å². The van der Waals surface area contributed by atoms with Gasteiger partial charge in [0.15, 0.2) is 0 Å². The summed E-state index contributed by atoms with van der Waals surface area (Å²) in [5.41, 5.74) is 1.75. The normalized spacial score (nSPS) is 19.0. The number of fused-ring (bicyclic) bond motifs is 1. The van der Waals surface area contributed by atoms with Crippen molar-refractivity contribution in [3.05, 3.63) is 29.3 Å². The average Bonchev–Trinajstić information content (AvgIpc) is 3.18. The molecule has 0 aromatic heterocycles. The maximum atomic E-state index is 11.6. The first-order chi connectivity index (χ1) is 9.19. The minimum Gasteiger partial charge on any atom is -0.383 e. The monoisotopic (exact) mass is 260 g/mol. The molecule has 2 aliphatic rings. The number of anilines is 1. The number of amides is 2. The van der Waals surface area contributed by atoms with Crippen LogP contribution >= 0.6 is 0 Å². The van der Waals surface area contributed by atoms with Crippen LogP contribution in [-0.4, -0.2) is 31.6 Å². The van der Waals surface area contributed by atoms with Gasteiger partial charge in [0.05, 0.1) is 23.8 Å². The summed E-state index contributed by atoms with van der Waals surface area (Å²) >= 11 is 0. The van der Waals surface area contributed by atoms with Crippen molar-refractivity contribution in [2.75, 3.05) is 19.0 Å². The molecule has 3 rings (SSSR count). The maximum Gasteiger partial charge on any atom is 0.259 e. The second-order valence-corrected chi connectivity index (χ2v) is 5.09. The number of nitrogens with one attached hydrogen (secondary N) is 2. The molecule has 2 amide bonds. The van der Waals surface area contributed by atoms with Crippen LogP contribution in [0, 0.1) is 5.92 Å². The van der Waals surface area contributed by atoms with Crippen molar-refractivity contribution in [2.24, 2.45) is 5.92 Å². The fourth-order valence-corrected chi connectivity index (χ4v) is 2.45. The van der Waals surface area contributed by atoms with Crippen LogP contribution in [0.5, 0.6) is 0 Å². The third-order valence-corrected chi connectivity index (χ3v) is 3.63. The molecule has 1 aliphatic heterocycles. The van der Waals surface area contributed by atoms with E-state index in [9.17, 15) is 9.59 Å². The first-order valence-corrected chi connectivity index (χ1v) is 6.44. The zero-order chi connectivity index (χ0) is 13.4. The molecule has 0 saturated heterocycles. The van der Waals surface area contributed by atoms with Gasteiger partial charge in [0.1, 0.15) is 0 Å². The van der Waals surface area contributed by atoms with Crippen LogP contribution in [0.3, 0.4) is 0 Å². The van der Waals surface area contributed by atoms with E-state index in [0.717, 1.165) is 5.69 Å². The molecule has 1 aromatic carbocycles. The highest BCUT2D eigenvalue weighted by molar-refractivity contribution is 6.21. The third-order valence-electron chi connectivity index (χ3n) is 3.63. The molecule has 5 nitrogen and oxygen atoms in total. The van der Waals surface area contributed by atoms with Crippen LogP contribution in [-0.2, 0) is 4.74 Å². The fourth-order valence-electron chi connectivity index (χ4n) is 2.45. The Hall–Kier alpha value is -1.88. The van der Waals surface area contributed by atoms with E-state index in [1.54, 1.807) is 19.2 Å². The van der Waals surface area contributed by atoms with Crippen molar-refractivity contribution in [3.8, 4) is 0 Å². The fraction of sp³-hybridized carbons (Fsp3) is 0.429. The number of ether oxygens (including phenoxy) is 1. The summed E-state index contributed by atoms with van der Waals surface area (Å²) in [6, 6.07) is 5.53. The van der Waals surface area contributed by atoms with Crippen molar-refractivity contribution < 1.29 is 14.3 Å². The lowest BCUT2D eigenvalue weighted by Gasteiger charge is -2.18. The van der Waals surface area contributed by atoms with Gasteiger partial charge in [0.25, 0.3) is 11.8 Å². The lowest BCUT2D eigenvalue weighted by atomic mass is 10.1. The second kappa shape index (κ2) is 4.66. The van der Waals surface area contributed by atoms with Crippen molar-refractivity contribution in [2.45, 2.75) is 18.9 Å². The van der Waals surface area contributed by atoms with Gasteiger partial charge in [-0.15, -0.1) is 0 Å². The smallest absolute Gasteiger partial charge is 0.259 e. The standard InChI is InChI=1S/C14H16N2O3/c1-19-7-12(8-2-3-8)15-9-4-5-10-11(6-9)14(18)16-13(10)17/h4-6,8,12,15H,2-3,7H2,1H3,(H,16,17,18). The topological polar surface area (TPSA) is 67.4 Å². The summed E-state index contributed by atoms with van der Waals surface area (Å²) in [6.45, 7) is 0.646. The quantitative estimate of drug-likeness (QED) is 0.785. The number of methoxy groups -OCH3 is 1. The number of rotatable bonds is 5. The average molecular weight is 260 g/mol. The van der Waals surface area contributed by atoms with Crippen LogP contribution < -0.4 is 10.6 Å². The van der Waals surface area contributed by atoms with E-state index in [-0.39, 0.29) is 17.9 Å². The Balaban J connectivity index is 1.80. The lowest BCUT2D eigenvalue weighted by molar-refractivity contribution is 0.0879. The largest absolute Gasteiger partial charge is 0.383 e. The van der Waals surface area contributed by atoms with Crippen LogP contribution in [0.2, 0.25) is 0 Å². The molecule has 1 aliphatic carbocycles. The van der Waals surface area contributed by atoms with Crippen molar-refractivity contribution in [1.82, 2.24) is 5.32 Å². The third kappa shape index (κ3) is 2.33. The summed E-state index contributed by atoms with van der Waals surface area (Å²) in [5, 5.41) is 5.68. The number of hydrogen-bond donors (Lipinski definition) is 2. The van der Waals surface area contributed by atoms with Crippen LogP contribution in [0.1, 0.15) is 33.6 Å². The van der Waals surface area contributed by atoms with E-state index < -0.39 is 0 Å². The number of carbonyl (C=O) groups excluding carboxylic acids is 2. The van der Waals surface area contributed by atoms with Crippen molar-refractivity contribution >= 4 is 17.5 Å². The summed E-state index contributed by atoms with van der Waals surface area (Å²) in [6.07, 6.45) is 2.43. The highest BCUT2D eigenvalue weighted by Gasteiger charge is 2.32. The summed E-state index contributed by atoms with van der Waals surface area (Å²) < 4.78 is 5.21. The van der Waals surface area contributed by atoms with Gasteiger partial charge in [0, 0.05) is 12.8 Å². The van der Waals surface area contributed by atoms with Crippen molar-refractivity contribution in [1.29, 1.82) is 0 Å². The Morgan fingerprint density at radius 2 is 2.05 bits per heavy atom. The molecule has 0 spiro atoms. The van der Waals surface area contributed by atoms with E-state index in [1.807, 2.05) is 6.07 Å². The minimum absolute atomic E-state index is 0.267. The molecule has 1 atom stereocenters. The zero-order valence-corrected chi connectivity index (χ0v) is 10.7. The Kier molecular flexibility index (Phi) is 2.98. The molecule has 100 valence electrons. The number of imide groups is 1. The van der Waals surface area contributed by atoms with Gasteiger partial charge in [-0.1, -0.05) is 0 Å². The van der Waals surface area contributed by atoms with Gasteiger partial charge in [-0.2, -0.15) is 0 Å². The molecule has 1 saturated carbocycles. The van der Waals surface area contributed by atoms with Gasteiger partial charge < -0.3 is 10.1 Å². The Morgan fingerprint density at radius 1 is 1.32 bits per heavy atom. The van der Waals surface area contributed by atoms with Crippen LogP contribution in [0.25, 0.3) is 0 Å². The van der Waals surface area contributed by atoms with Gasteiger partial charge >= 0.3 is 0 Å². The first-order valence-electron chi connectivity index (χ1n) is 6.44. The van der Waals surface area contributed by atoms with Gasteiger partial charge in [-0.05, 0) is 37.0 Å². The molecule has 0 radical (unpaired) electrons. The molecule has 1 aromatic rings. The van der Waals surface area contributed by atoms with E-state index in [2.05, 4.69) is 10.6 Å². The predicted octanol–water partition coefficient (Wildman–Crippen LogP) is 1.41. The number of carbonyl (C=O) groups is 2. The van der Waals surface area contributed by atoms with Gasteiger partial charge in [-0.25, -0.2) is 0 Å². The Morgan fingerprint density at radius 3 is 2.74 bits per heavy atom. The Bertz CT molecular complexity index is 537. The maximum absolute atomic E-state index is 11.6. The molecule has 19 heavy (non-hydrogen) atoms. The summed E-state index contributed by atoms with van der Waals surface area (Å²) in [7, 11) is 1.69.